The molecule has 0 spiro atoms. The predicted octanol–water partition coefficient (Wildman–Crippen LogP) is 2.34. The average Bonchev–Trinajstić information content (AvgIpc) is 2.11. The van der Waals surface area contributed by atoms with E-state index in [1.807, 2.05) is 0 Å². The number of carbonyl (C=O) groups excluding carboxylic acids is 1. The molecular weight excluding hydrogens is 162 g/mol. The fraction of sp³-hybridized carbons (Fsp3) is 0.909. The summed E-state index contributed by atoms with van der Waals surface area (Å²) >= 11 is 0. The van der Waals surface area contributed by atoms with E-state index in [0.717, 1.165) is 19.4 Å². The van der Waals surface area contributed by atoms with Crippen LogP contribution in [-0.2, 0) is 4.79 Å². The highest BCUT2D eigenvalue weighted by molar-refractivity contribution is 5.79. The highest BCUT2D eigenvalue weighted by Gasteiger charge is 2.29. The van der Waals surface area contributed by atoms with Gasteiger partial charge in [-0.1, -0.05) is 26.7 Å². The van der Waals surface area contributed by atoms with Gasteiger partial charge in [0.15, 0.2) is 0 Å². The lowest BCUT2D eigenvalue weighted by Gasteiger charge is -2.30. The number of nitrogens with one attached hydrogen (secondary N) is 1. The number of carbonyl (C=O) groups is 1. The molecule has 1 aliphatic heterocycles. The maximum Gasteiger partial charge on any atom is 0.223 e. The lowest BCUT2D eigenvalue weighted by molar-refractivity contribution is -0.129. The van der Waals surface area contributed by atoms with Crippen molar-refractivity contribution in [3.63, 3.8) is 0 Å². The fourth-order valence-electron chi connectivity index (χ4n) is 2.32. The minimum absolute atomic E-state index is 0.298. The van der Waals surface area contributed by atoms with Gasteiger partial charge in [0.2, 0.25) is 5.91 Å². The highest BCUT2D eigenvalue weighted by atomic mass is 16.1. The van der Waals surface area contributed by atoms with Crippen molar-refractivity contribution < 1.29 is 4.79 Å². The van der Waals surface area contributed by atoms with Crippen molar-refractivity contribution in [3.05, 3.63) is 0 Å². The minimum Gasteiger partial charge on any atom is -0.356 e. The molecule has 2 heteroatoms. The molecule has 2 atom stereocenters. The molecule has 1 N–H and O–H groups in total. The van der Waals surface area contributed by atoms with Gasteiger partial charge in [0.05, 0.1) is 0 Å². The van der Waals surface area contributed by atoms with Crippen molar-refractivity contribution in [1.82, 2.24) is 5.32 Å². The van der Waals surface area contributed by atoms with Gasteiger partial charge in [0.1, 0.15) is 0 Å². The summed E-state index contributed by atoms with van der Waals surface area (Å²) in [5, 5.41) is 2.97. The molecule has 1 saturated heterocycles. The zero-order valence-corrected chi connectivity index (χ0v) is 8.81. The molecule has 2 nitrogen and oxygen atoms in total. The molecule has 2 unspecified atom stereocenters. The van der Waals surface area contributed by atoms with E-state index in [1.54, 1.807) is 0 Å². The summed E-state index contributed by atoms with van der Waals surface area (Å²) in [6, 6.07) is 0. The zero-order chi connectivity index (χ0) is 9.68. The van der Waals surface area contributed by atoms with Crippen LogP contribution in [0.15, 0.2) is 0 Å². The van der Waals surface area contributed by atoms with E-state index in [-0.39, 0.29) is 0 Å². The fourth-order valence-corrected chi connectivity index (χ4v) is 2.32. The first-order valence-electron chi connectivity index (χ1n) is 5.57. The molecule has 1 heterocycles. The first kappa shape index (κ1) is 10.6. The Balaban J connectivity index is 2.51. The number of rotatable bonds is 4. The second kappa shape index (κ2) is 5.25. The summed E-state index contributed by atoms with van der Waals surface area (Å²) in [5.41, 5.74) is 0. The second-order valence-electron chi connectivity index (χ2n) is 4.02. The first-order chi connectivity index (χ1) is 6.29. The summed E-state index contributed by atoms with van der Waals surface area (Å²) in [6.07, 6.45) is 5.80. The third-order valence-corrected chi connectivity index (χ3v) is 2.98. The van der Waals surface area contributed by atoms with Crippen LogP contribution in [0.1, 0.15) is 46.0 Å². The van der Waals surface area contributed by atoms with Gasteiger partial charge in [-0.25, -0.2) is 0 Å². The van der Waals surface area contributed by atoms with Crippen LogP contribution in [0.3, 0.4) is 0 Å². The molecule has 1 aliphatic rings. The average molecular weight is 183 g/mol. The van der Waals surface area contributed by atoms with Crippen molar-refractivity contribution in [1.29, 1.82) is 0 Å². The Kier molecular flexibility index (Phi) is 4.26. The van der Waals surface area contributed by atoms with Crippen molar-refractivity contribution in [2.45, 2.75) is 46.0 Å². The smallest absolute Gasteiger partial charge is 0.223 e. The van der Waals surface area contributed by atoms with Crippen LogP contribution in [0.4, 0.5) is 0 Å². The van der Waals surface area contributed by atoms with Crippen LogP contribution in [0.2, 0.25) is 0 Å². The standard InChI is InChI=1S/C11H21NO/c1-3-5-9-7-8-12-11(13)10(9)6-4-2/h9-10H,3-8H2,1-2H3,(H,12,13). The van der Waals surface area contributed by atoms with Crippen molar-refractivity contribution in [2.24, 2.45) is 11.8 Å². The first-order valence-corrected chi connectivity index (χ1v) is 5.57. The van der Waals surface area contributed by atoms with Crippen molar-refractivity contribution in [3.8, 4) is 0 Å². The normalized spacial score (nSPS) is 28.6. The topological polar surface area (TPSA) is 29.1 Å². The summed E-state index contributed by atoms with van der Waals surface area (Å²) in [5.74, 6) is 1.25. The van der Waals surface area contributed by atoms with Gasteiger partial charge in [-0.3, -0.25) is 4.79 Å². The molecule has 1 rings (SSSR count). The van der Waals surface area contributed by atoms with Crippen LogP contribution in [0.5, 0.6) is 0 Å². The van der Waals surface area contributed by atoms with Gasteiger partial charge < -0.3 is 5.32 Å². The van der Waals surface area contributed by atoms with E-state index in [0.29, 0.717) is 17.7 Å². The van der Waals surface area contributed by atoms with Crippen LogP contribution in [0.25, 0.3) is 0 Å². The number of hydrogen-bond acceptors (Lipinski definition) is 1. The Morgan fingerprint density at radius 3 is 2.62 bits per heavy atom. The summed E-state index contributed by atoms with van der Waals surface area (Å²) in [6.45, 7) is 5.25. The highest BCUT2D eigenvalue weighted by Crippen LogP contribution is 2.28. The maximum absolute atomic E-state index is 11.6. The van der Waals surface area contributed by atoms with E-state index in [1.165, 1.54) is 19.3 Å². The van der Waals surface area contributed by atoms with E-state index < -0.39 is 0 Å². The number of amides is 1. The van der Waals surface area contributed by atoms with Gasteiger partial charge in [0, 0.05) is 12.5 Å². The molecule has 1 amide bonds. The molecule has 0 radical (unpaired) electrons. The maximum atomic E-state index is 11.6. The van der Waals surface area contributed by atoms with Gasteiger partial charge >= 0.3 is 0 Å². The number of piperidine rings is 1. The third kappa shape index (κ3) is 2.71. The van der Waals surface area contributed by atoms with Crippen molar-refractivity contribution >= 4 is 5.91 Å². The molecule has 0 aromatic rings. The molecule has 0 bridgehead atoms. The van der Waals surface area contributed by atoms with E-state index in [9.17, 15) is 4.79 Å². The number of hydrogen-bond donors (Lipinski definition) is 1. The molecule has 1 fully saturated rings. The third-order valence-electron chi connectivity index (χ3n) is 2.98. The Morgan fingerprint density at radius 2 is 2.00 bits per heavy atom. The quantitative estimate of drug-likeness (QED) is 0.712. The Labute approximate surface area is 81.1 Å². The van der Waals surface area contributed by atoms with Crippen LogP contribution < -0.4 is 5.32 Å². The van der Waals surface area contributed by atoms with Gasteiger partial charge in [0.25, 0.3) is 0 Å². The molecule has 0 aliphatic carbocycles. The molecular formula is C11H21NO. The van der Waals surface area contributed by atoms with E-state index in [2.05, 4.69) is 19.2 Å². The van der Waals surface area contributed by atoms with Crippen LogP contribution in [0, 0.1) is 11.8 Å². The Morgan fingerprint density at radius 1 is 1.31 bits per heavy atom. The van der Waals surface area contributed by atoms with Gasteiger partial charge in [-0.2, -0.15) is 0 Å². The Bertz CT molecular complexity index is 165. The molecule has 0 aromatic carbocycles. The largest absolute Gasteiger partial charge is 0.356 e. The van der Waals surface area contributed by atoms with Gasteiger partial charge in [-0.15, -0.1) is 0 Å². The van der Waals surface area contributed by atoms with E-state index >= 15 is 0 Å². The van der Waals surface area contributed by atoms with Gasteiger partial charge in [-0.05, 0) is 25.2 Å². The zero-order valence-electron chi connectivity index (χ0n) is 8.81. The van der Waals surface area contributed by atoms with E-state index in [4.69, 9.17) is 0 Å². The molecule has 0 aromatic heterocycles. The lowest BCUT2D eigenvalue weighted by Crippen LogP contribution is -2.42. The van der Waals surface area contributed by atoms with Crippen LogP contribution in [-0.4, -0.2) is 12.5 Å². The summed E-state index contributed by atoms with van der Waals surface area (Å²) in [7, 11) is 0. The minimum atomic E-state index is 0.298. The molecule has 13 heavy (non-hydrogen) atoms. The summed E-state index contributed by atoms with van der Waals surface area (Å²) in [4.78, 5) is 11.6. The van der Waals surface area contributed by atoms with Crippen LogP contribution >= 0.6 is 0 Å². The monoisotopic (exact) mass is 183 g/mol. The predicted molar refractivity (Wildman–Crippen MR) is 54.4 cm³/mol. The Hall–Kier alpha value is -0.530. The summed E-state index contributed by atoms with van der Waals surface area (Å²) < 4.78 is 0. The lowest BCUT2D eigenvalue weighted by atomic mass is 9.80. The SMILES string of the molecule is CCCC1CCNC(=O)C1CCC. The van der Waals surface area contributed by atoms with Crippen molar-refractivity contribution in [2.75, 3.05) is 6.54 Å². The molecule has 76 valence electrons. The molecule has 0 saturated carbocycles. The second-order valence-corrected chi connectivity index (χ2v) is 4.02.